The zero-order chi connectivity index (χ0) is 11.6. The van der Waals surface area contributed by atoms with Crippen LogP contribution in [0.15, 0.2) is 6.07 Å². The maximum atomic E-state index is 11.7. The molecule has 0 amide bonds. The number of anilines is 1. The number of ether oxygens (including phenoxy) is 1. The summed E-state index contributed by atoms with van der Waals surface area (Å²) in [6, 6.07) is 1.53. The second kappa shape index (κ2) is 5.21. The van der Waals surface area contributed by atoms with Crippen molar-refractivity contribution in [1.82, 2.24) is 9.78 Å². The first-order chi connectivity index (χ1) is 6.83. The van der Waals surface area contributed by atoms with Crippen molar-refractivity contribution in [3.05, 3.63) is 11.8 Å². The first kappa shape index (κ1) is 14.8. The van der Waals surface area contributed by atoms with E-state index in [4.69, 9.17) is 10.5 Å². The van der Waals surface area contributed by atoms with Gasteiger partial charge in [-0.15, -0.1) is 12.4 Å². The molecule has 5 nitrogen and oxygen atoms in total. The monoisotopic (exact) mass is 247 g/mol. The van der Waals surface area contributed by atoms with Gasteiger partial charge in [-0.25, -0.2) is 4.79 Å². The van der Waals surface area contributed by atoms with Crippen LogP contribution in [0.5, 0.6) is 0 Å². The number of nitrogens with zero attached hydrogens (tertiary/aromatic N) is 2. The fourth-order valence-electron chi connectivity index (χ4n) is 1.17. The first-order valence-electron chi connectivity index (χ1n) is 4.90. The molecule has 0 fully saturated rings. The summed E-state index contributed by atoms with van der Waals surface area (Å²) in [5.74, 6) is -0.0636. The Kier molecular flexibility index (Phi) is 4.81. The van der Waals surface area contributed by atoms with Gasteiger partial charge in [0.25, 0.3) is 0 Å². The van der Waals surface area contributed by atoms with E-state index in [2.05, 4.69) is 5.10 Å². The lowest BCUT2D eigenvalue weighted by Crippen LogP contribution is -2.25. The van der Waals surface area contributed by atoms with E-state index in [0.29, 0.717) is 18.1 Å². The van der Waals surface area contributed by atoms with Crippen molar-refractivity contribution in [3.8, 4) is 0 Å². The molecule has 0 bridgehead atoms. The highest BCUT2D eigenvalue weighted by Gasteiger charge is 2.21. The molecule has 0 aliphatic carbocycles. The minimum absolute atomic E-state index is 0. The van der Waals surface area contributed by atoms with E-state index >= 15 is 0 Å². The van der Waals surface area contributed by atoms with Crippen LogP contribution in [0.25, 0.3) is 0 Å². The normalized spacial score (nSPS) is 10.8. The molecule has 0 atom stereocenters. The number of carbonyl (C=O) groups is 1. The van der Waals surface area contributed by atoms with Crippen LogP contribution in [-0.2, 0) is 11.3 Å². The van der Waals surface area contributed by atoms with Gasteiger partial charge in [-0.3, -0.25) is 4.68 Å². The molecule has 1 rings (SSSR count). The average molecular weight is 248 g/mol. The fraction of sp³-hybridized carbons (Fsp3) is 0.600. The maximum absolute atomic E-state index is 11.7. The van der Waals surface area contributed by atoms with Crippen LogP contribution in [-0.4, -0.2) is 21.4 Å². The number of nitrogen functional groups attached to an aromatic ring is 1. The number of hydrogen-bond acceptors (Lipinski definition) is 4. The van der Waals surface area contributed by atoms with Crippen LogP contribution in [0, 0.1) is 0 Å². The SMILES string of the molecule is CCn1nc(N)cc1C(=O)OC(C)(C)C.Cl. The molecule has 1 aromatic heterocycles. The quantitative estimate of drug-likeness (QED) is 0.810. The number of aromatic nitrogens is 2. The van der Waals surface area contributed by atoms with E-state index in [1.165, 1.54) is 10.7 Å². The second-order valence-electron chi connectivity index (χ2n) is 4.27. The highest BCUT2D eigenvalue weighted by atomic mass is 35.5. The number of halogens is 1. The van der Waals surface area contributed by atoms with Gasteiger partial charge in [-0.2, -0.15) is 5.10 Å². The van der Waals surface area contributed by atoms with Crippen LogP contribution >= 0.6 is 12.4 Å². The molecular weight excluding hydrogens is 230 g/mol. The predicted molar refractivity (Wildman–Crippen MR) is 64.7 cm³/mol. The molecule has 1 heterocycles. The summed E-state index contributed by atoms with van der Waals surface area (Å²) in [4.78, 5) is 11.7. The molecule has 92 valence electrons. The van der Waals surface area contributed by atoms with Crippen molar-refractivity contribution in [3.63, 3.8) is 0 Å². The zero-order valence-corrected chi connectivity index (χ0v) is 10.8. The van der Waals surface area contributed by atoms with Crippen molar-refractivity contribution in [2.75, 3.05) is 5.73 Å². The van der Waals surface area contributed by atoms with Crippen LogP contribution < -0.4 is 5.73 Å². The molecule has 6 heteroatoms. The second-order valence-corrected chi connectivity index (χ2v) is 4.27. The maximum Gasteiger partial charge on any atom is 0.357 e. The van der Waals surface area contributed by atoms with Crippen molar-refractivity contribution < 1.29 is 9.53 Å². The third-order valence-corrected chi connectivity index (χ3v) is 1.71. The molecule has 1 aromatic rings. The molecule has 0 aliphatic rings. The zero-order valence-electron chi connectivity index (χ0n) is 9.98. The molecule has 0 unspecified atom stereocenters. The largest absolute Gasteiger partial charge is 0.455 e. The van der Waals surface area contributed by atoms with Crippen LogP contribution in [0.1, 0.15) is 38.2 Å². The molecular formula is C10H18ClN3O2. The number of nitrogens with two attached hydrogens (primary N) is 1. The summed E-state index contributed by atoms with van der Waals surface area (Å²) >= 11 is 0. The molecule has 0 saturated heterocycles. The van der Waals surface area contributed by atoms with Crippen LogP contribution in [0.4, 0.5) is 5.82 Å². The number of esters is 1. The highest BCUT2D eigenvalue weighted by molar-refractivity contribution is 5.88. The Morgan fingerprint density at radius 1 is 1.56 bits per heavy atom. The number of carbonyl (C=O) groups excluding carboxylic acids is 1. The molecule has 2 N–H and O–H groups in total. The number of hydrogen-bond donors (Lipinski definition) is 1. The lowest BCUT2D eigenvalue weighted by atomic mass is 10.2. The van der Waals surface area contributed by atoms with E-state index in [1.54, 1.807) is 0 Å². The van der Waals surface area contributed by atoms with Crippen LogP contribution in [0.3, 0.4) is 0 Å². The molecule has 0 radical (unpaired) electrons. The Labute approximate surface area is 101 Å². The van der Waals surface area contributed by atoms with Gasteiger partial charge in [0.1, 0.15) is 17.1 Å². The van der Waals surface area contributed by atoms with Gasteiger partial charge < -0.3 is 10.5 Å². The van der Waals surface area contributed by atoms with Crippen molar-refractivity contribution >= 4 is 24.2 Å². The first-order valence-corrected chi connectivity index (χ1v) is 4.90. The third-order valence-electron chi connectivity index (χ3n) is 1.71. The smallest absolute Gasteiger partial charge is 0.357 e. The molecule has 16 heavy (non-hydrogen) atoms. The van der Waals surface area contributed by atoms with Gasteiger partial charge in [-0.05, 0) is 27.7 Å². The lowest BCUT2D eigenvalue weighted by molar-refractivity contribution is 0.00562. The highest BCUT2D eigenvalue weighted by Crippen LogP contribution is 2.13. The Morgan fingerprint density at radius 3 is 2.56 bits per heavy atom. The third kappa shape index (κ3) is 3.73. The Hall–Kier alpha value is -1.23. The predicted octanol–water partition coefficient (Wildman–Crippen LogP) is 1.86. The Balaban J connectivity index is 0.00000225. The van der Waals surface area contributed by atoms with Gasteiger partial charge in [-0.1, -0.05) is 0 Å². The van der Waals surface area contributed by atoms with Crippen molar-refractivity contribution in [2.45, 2.75) is 39.8 Å². The number of rotatable bonds is 2. The van der Waals surface area contributed by atoms with Crippen molar-refractivity contribution in [2.24, 2.45) is 0 Å². The molecule has 0 spiro atoms. The van der Waals surface area contributed by atoms with Gasteiger partial charge in [0, 0.05) is 12.6 Å². The lowest BCUT2D eigenvalue weighted by Gasteiger charge is -2.19. The summed E-state index contributed by atoms with van der Waals surface area (Å²) in [5.41, 5.74) is 5.40. The Morgan fingerprint density at radius 2 is 2.12 bits per heavy atom. The average Bonchev–Trinajstić information content (AvgIpc) is 2.43. The van der Waals surface area contributed by atoms with E-state index in [-0.39, 0.29) is 12.4 Å². The van der Waals surface area contributed by atoms with Gasteiger partial charge in [0.2, 0.25) is 0 Å². The summed E-state index contributed by atoms with van der Waals surface area (Å²) in [7, 11) is 0. The van der Waals surface area contributed by atoms with Gasteiger partial charge in [0.15, 0.2) is 0 Å². The standard InChI is InChI=1S/C10H17N3O2.ClH/c1-5-13-7(6-8(11)12-13)9(14)15-10(2,3)4;/h6H,5H2,1-4H3,(H2,11,12);1H. The molecule has 0 saturated carbocycles. The van der Waals surface area contributed by atoms with E-state index in [9.17, 15) is 4.79 Å². The number of aryl methyl sites for hydroxylation is 1. The molecule has 0 aromatic carbocycles. The minimum atomic E-state index is -0.505. The fourth-order valence-corrected chi connectivity index (χ4v) is 1.17. The van der Waals surface area contributed by atoms with Gasteiger partial charge in [0.05, 0.1) is 0 Å². The van der Waals surface area contributed by atoms with E-state index < -0.39 is 11.6 Å². The van der Waals surface area contributed by atoms with Crippen LogP contribution in [0.2, 0.25) is 0 Å². The minimum Gasteiger partial charge on any atom is -0.455 e. The van der Waals surface area contributed by atoms with E-state index in [0.717, 1.165) is 0 Å². The summed E-state index contributed by atoms with van der Waals surface area (Å²) in [5, 5.41) is 3.97. The summed E-state index contributed by atoms with van der Waals surface area (Å²) in [6.45, 7) is 7.94. The van der Waals surface area contributed by atoms with E-state index in [1.807, 2.05) is 27.7 Å². The molecule has 0 aliphatic heterocycles. The summed E-state index contributed by atoms with van der Waals surface area (Å²) in [6.07, 6.45) is 0. The summed E-state index contributed by atoms with van der Waals surface area (Å²) < 4.78 is 6.76. The Bertz CT molecular complexity index is 369. The topological polar surface area (TPSA) is 70.1 Å². The van der Waals surface area contributed by atoms with Crippen molar-refractivity contribution in [1.29, 1.82) is 0 Å². The van der Waals surface area contributed by atoms with Gasteiger partial charge >= 0.3 is 5.97 Å².